The molecule has 1 unspecified atom stereocenters. The number of nitriles is 1. The monoisotopic (exact) mass is 166 g/mol. The molecule has 0 bridgehead atoms. The highest BCUT2D eigenvalue weighted by Crippen LogP contribution is 2.16. The molecule has 1 saturated heterocycles. The van der Waals surface area contributed by atoms with Gasteiger partial charge in [0.25, 0.3) is 0 Å². The minimum absolute atomic E-state index is 0.0641. The third-order valence-electron chi connectivity index (χ3n) is 2.18. The fourth-order valence-corrected chi connectivity index (χ4v) is 1.51. The van der Waals surface area contributed by atoms with Gasteiger partial charge in [-0.05, 0) is 12.8 Å². The van der Waals surface area contributed by atoms with E-state index in [1.807, 2.05) is 6.92 Å². The standard InChI is InChI=1S/C9H14N2O/c1-2-5-11-7-8(6-10)3-4-9(11)12/h8H,2-5,7H2,1H3. The zero-order valence-corrected chi connectivity index (χ0v) is 7.42. The highest BCUT2D eigenvalue weighted by atomic mass is 16.2. The summed E-state index contributed by atoms with van der Waals surface area (Å²) in [5.74, 6) is 0.276. The average molecular weight is 166 g/mol. The maximum Gasteiger partial charge on any atom is 0.222 e. The van der Waals surface area contributed by atoms with Gasteiger partial charge in [0.2, 0.25) is 5.91 Å². The lowest BCUT2D eigenvalue weighted by Crippen LogP contribution is -2.39. The summed E-state index contributed by atoms with van der Waals surface area (Å²) >= 11 is 0. The normalized spacial score (nSPS) is 23.8. The van der Waals surface area contributed by atoms with Crippen molar-refractivity contribution in [3.05, 3.63) is 0 Å². The molecule has 1 rings (SSSR count). The Kier molecular flexibility index (Phi) is 3.09. The van der Waals surface area contributed by atoms with Crippen LogP contribution in [0.25, 0.3) is 0 Å². The van der Waals surface area contributed by atoms with E-state index < -0.39 is 0 Å². The van der Waals surface area contributed by atoms with E-state index in [4.69, 9.17) is 5.26 Å². The van der Waals surface area contributed by atoms with Crippen molar-refractivity contribution in [2.24, 2.45) is 5.92 Å². The highest BCUT2D eigenvalue weighted by molar-refractivity contribution is 5.77. The number of hydrogen-bond donors (Lipinski definition) is 0. The van der Waals surface area contributed by atoms with Crippen LogP contribution in [0.4, 0.5) is 0 Å². The second-order valence-electron chi connectivity index (χ2n) is 3.20. The summed E-state index contributed by atoms with van der Waals surface area (Å²) in [5, 5.41) is 8.68. The predicted molar refractivity (Wildman–Crippen MR) is 45.2 cm³/mol. The van der Waals surface area contributed by atoms with Crippen molar-refractivity contribution in [3.63, 3.8) is 0 Å². The summed E-state index contributed by atoms with van der Waals surface area (Å²) in [4.78, 5) is 13.1. The summed E-state index contributed by atoms with van der Waals surface area (Å²) in [5.41, 5.74) is 0. The second kappa shape index (κ2) is 4.10. The van der Waals surface area contributed by atoms with Gasteiger partial charge < -0.3 is 4.90 Å². The largest absolute Gasteiger partial charge is 0.341 e. The Morgan fingerprint density at radius 3 is 3.08 bits per heavy atom. The van der Waals surface area contributed by atoms with Gasteiger partial charge >= 0.3 is 0 Å². The van der Waals surface area contributed by atoms with E-state index in [2.05, 4.69) is 6.07 Å². The Bertz CT molecular complexity index is 207. The van der Waals surface area contributed by atoms with Crippen molar-refractivity contribution in [1.82, 2.24) is 4.90 Å². The third kappa shape index (κ3) is 1.97. The molecule has 1 fully saturated rings. The fraction of sp³-hybridized carbons (Fsp3) is 0.778. The summed E-state index contributed by atoms with van der Waals surface area (Å²) < 4.78 is 0. The van der Waals surface area contributed by atoms with Crippen LogP contribution in [0.2, 0.25) is 0 Å². The van der Waals surface area contributed by atoms with Crippen LogP contribution < -0.4 is 0 Å². The minimum atomic E-state index is 0.0641. The number of likely N-dealkylation sites (tertiary alicyclic amines) is 1. The minimum Gasteiger partial charge on any atom is -0.341 e. The van der Waals surface area contributed by atoms with Crippen LogP contribution in [-0.4, -0.2) is 23.9 Å². The zero-order valence-electron chi connectivity index (χ0n) is 7.42. The molecule has 0 aliphatic carbocycles. The van der Waals surface area contributed by atoms with E-state index in [1.54, 1.807) is 4.90 Å². The summed E-state index contributed by atoms with van der Waals surface area (Å²) in [6, 6.07) is 2.22. The van der Waals surface area contributed by atoms with E-state index in [0.29, 0.717) is 13.0 Å². The summed E-state index contributed by atoms with van der Waals surface area (Å²) in [7, 11) is 0. The summed E-state index contributed by atoms with van der Waals surface area (Å²) in [6.07, 6.45) is 2.28. The molecule has 0 N–H and O–H groups in total. The molecule has 1 amide bonds. The molecule has 0 aromatic heterocycles. The Balaban J connectivity index is 2.48. The van der Waals surface area contributed by atoms with E-state index in [9.17, 15) is 4.79 Å². The molecule has 3 heteroatoms. The highest BCUT2D eigenvalue weighted by Gasteiger charge is 2.24. The lowest BCUT2D eigenvalue weighted by molar-refractivity contribution is -0.134. The van der Waals surface area contributed by atoms with Crippen molar-refractivity contribution in [2.45, 2.75) is 26.2 Å². The molecular weight excluding hydrogens is 152 g/mol. The smallest absolute Gasteiger partial charge is 0.222 e. The maximum absolute atomic E-state index is 11.3. The number of amides is 1. The van der Waals surface area contributed by atoms with Gasteiger partial charge in [-0.25, -0.2) is 0 Å². The van der Waals surface area contributed by atoms with Crippen LogP contribution >= 0.6 is 0 Å². The molecule has 1 heterocycles. The molecule has 0 aromatic carbocycles. The quantitative estimate of drug-likeness (QED) is 0.617. The molecule has 0 radical (unpaired) electrons. The first-order chi connectivity index (χ1) is 5.77. The predicted octanol–water partition coefficient (Wildman–Crippen LogP) is 1.16. The molecule has 1 atom stereocenters. The zero-order chi connectivity index (χ0) is 8.97. The van der Waals surface area contributed by atoms with Crippen LogP contribution in [0.1, 0.15) is 26.2 Å². The molecule has 3 nitrogen and oxygen atoms in total. The van der Waals surface area contributed by atoms with Gasteiger partial charge in [0, 0.05) is 19.5 Å². The van der Waals surface area contributed by atoms with E-state index in [0.717, 1.165) is 19.4 Å². The number of rotatable bonds is 2. The molecule has 12 heavy (non-hydrogen) atoms. The Morgan fingerprint density at radius 2 is 2.50 bits per heavy atom. The van der Waals surface area contributed by atoms with E-state index in [-0.39, 0.29) is 11.8 Å². The first-order valence-electron chi connectivity index (χ1n) is 4.45. The number of nitrogens with zero attached hydrogens (tertiary/aromatic N) is 2. The molecular formula is C9H14N2O. The van der Waals surface area contributed by atoms with Gasteiger partial charge in [-0.2, -0.15) is 5.26 Å². The van der Waals surface area contributed by atoms with E-state index >= 15 is 0 Å². The number of carbonyl (C=O) groups excluding carboxylic acids is 1. The van der Waals surface area contributed by atoms with Crippen LogP contribution in [0, 0.1) is 17.2 Å². The van der Waals surface area contributed by atoms with Gasteiger partial charge in [0.1, 0.15) is 0 Å². The van der Waals surface area contributed by atoms with Crippen molar-refractivity contribution < 1.29 is 4.79 Å². The van der Waals surface area contributed by atoms with Crippen LogP contribution in [0.3, 0.4) is 0 Å². The molecule has 0 spiro atoms. The van der Waals surface area contributed by atoms with Gasteiger partial charge in [0.15, 0.2) is 0 Å². The Hall–Kier alpha value is -1.04. The molecule has 66 valence electrons. The van der Waals surface area contributed by atoms with Gasteiger partial charge in [0.05, 0.1) is 12.0 Å². The van der Waals surface area contributed by atoms with Gasteiger partial charge in [-0.1, -0.05) is 6.92 Å². The lowest BCUT2D eigenvalue weighted by atomic mass is 9.99. The SMILES string of the molecule is CCCN1CC(C#N)CCC1=O. The van der Waals surface area contributed by atoms with Crippen LogP contribution in [-0.2, 0) is 4.79 Å². The second-order valence-corrected chi connectivity index (χ2v) is 3.20. The van der Waals surface area contributed by atoms with E-state index in [1.165, 1.54) is 0 Å². The van der Waals surface area contributed by atoms with Crippen molar-refractivity contribution in [1.29, 1.82) is 5.26 Å². The molecule has 1 aliphatic rings. The number of carbonyl (C=O) groups is 1. The van der Waals surface area contributed by atoms with Gasteiger partial charge in [-0.3, -0.25) is 4.79 Å². The lowest BCUT2D eigenvalue weighted by Gasteiger charge is -2.29. The molecule has 1 aliphatic heterocycles. The van der Waals surface area contributed by atoms with Crippen molar-refractivity contribution in [3.8, 4) is 6.07 Å². The first-order valence-corrected chi connectivity index (χ1v) is 4.45. The molecule has 0 aromatic rings. The van der Waals surface area contributed by atoms with Crippen molar-refractivity contribution in [2.75, 3.05) is 13.1 Å². The first kappa shape index (κ1) is 9.05. The van der Waals surface area contributed by atoms with Crippen LogP contribution in [0.5, 0.6) is 0 Å². The topological polar surface area (TPSA) is 44.1 Å². The number of hydrogen-bond acceptors (Lipinski definition) is 2. The maximum atomic E-state index is 11.3. The summed E-state index contributed by atoms with van der Waals surface area (Å²) in [6.45, 7) is 3.49. The Morgan fingerprint density at radius 1 is 1.75 bits per heavy atom. The average Bonchev–Trinajstić information content (AvgIpc) is 2.09. The number of piperidine rings is 1. The van der Waals surface area contributed by atoms with Crippen molar-refractivity contribution >= 4 is 5.91 Å². The van der Waals surface area contributed by atoms with Gasteiger partial charge in [-0.15, -0.1) is 0 Å². The Labute approximate surface area is 73.0 Å². The fourth-order valence-electron chi connectivity index (χ4n) is 1.51. The molecule has 0 saturated carbocycles. The van der Waals surface area contributed by atoms with Crippen LogP contribution in [0.15, 0.2) is 0 Å². The third-order valence-corrected chi connectivity index (χ3v) is 2.18.